The Bertz CT molecular complexity index is 909. The van der Waals surface area contributed by atoms with Crippen LogP contribution in [0.4, 0.5) is 0 Å². The Morgan fingerprint density at radius 3 is 2.53 bits per heavy atom. The molecule has 202 valence electrons. The standard InChI is InChI=1S/C28H42O8/c1-8-11-22(31)35-23-17(5)27(7,13-12-16(4)9-2)21-15-19(30)14-20-25(33-10-3)36-26(34-18(6)29)28(20,21)24(23)32/h9,12,14,17,19,21,23-26,30,32H,2,8,10-11,13,15H2,1,3-7H3/b16-12-/t17-,19+,21+,23-,24+,25-,26-,27-,28-/m1/s1. The van der Waals surface area contributed by atoms with E-state index >= 15 is 0 Å². The van der Waals surface area contributed by atoms with Gasteiger partial charge in [-0.2, -0.15) is 0 Å². The molecule has 0 unspecified atom stereocenters. The van der Waals surface area contributed by atoms with Crippen LogP contribution in [-0.2, 0) is 28.5 Å². The van der Waals surface area contributed by atoms with Gasteiger partial charge in [0.05, 0.1) is 11.5 Å². The topological polar surface area (TPSA) is 112 Å². The molecule has 1 saturated carbocycles. The zero-order valence-electron chi connectivity index (χ0n) is 22.4. The molecule has 36 heavy (non-hydrogen) atoms. The Balaban J connectivity index is 2.25. The smallest absolute Gasteiger partial charge is 0.306 e. The highest BCUT2D eigenvalue weighted by atomic mass is 16.8. The first kappa shape index (κ1) is 28.6. The van der Waals surface area contributed by atoms with Crippen molar-refractivity contribution < 1.29 is 38.7 Å². The van der Waals surface area contributed by atoms with E-state index in [1.807, 2.05) is 27.7 Å². The molecule has 0 aromatic heterocycles. The fraction of sp³-hybridized carbons (Fsp3) is 0.714. The third-order valence-electron chi connectivity index (χ3n) is 8.45. The number of ether oxygens (including phenoxy) is 4. The maximum Gasteiger partial charge on any atom is 0.306 e. The Labute approximate surface area is 214 Å². The van der Waals surface area contributed by atoms with Crippen LogP contribution in [0.2, 0.25) is 0 Å². The van der Waals surface area contributed by atoms with E-state index in [0.29, 0.717) is 31.4 Å². The first-order valence-electron chi connectivity index (χ1n) is 13.0. The summed E-state index contributed by atoms with van der Waals surface area (Å²) in [5.41, 5.74) is -0.323. The number of carbonyl (C=O) groups is 2. The molecular formula is C28H42O8. The molecule has 0 aromatic carbocycles. The average Bonchev–Trinajstić information content (AvgIpc) is 3.11. The Kier molecular flexibility index (Phi) is 8.87. The highest BCUT2D eigenvalue weighted by Crippen LogP contribution is 2.67. The van der Waals surface area contributed by atoms with Gasteiger partial charge in [0.1, 0.15) is 12.2 Å². The maximum absolute atomic E-state index is 12.7. The number of hydrogen-bond donors (Lipinski definition) is 2. The Morgan fingerprint density at radius 1 is 1.25 bits per heavy atom. The second kappa shape index (κ2) is 11.2. The van der Waals surface area contributed by atoms with Crippen LogP contribution in [-0.4, -0.2) is 59.7 Å². The van der Waals surface area contributed by atoms with Crippen molar-refractivity contribution in [3.63, 3.8) is 0 Å². The molecule has 1 heterocycles. The molecule has 2 aliphatic carbocycles. The number of rotatable bonds is 9. The summed E-state index contributed by atoms with van der Waals surface area (Å²) in [6.07, 6.45) is 2.20. The zero-order chi connectivity index (χ0) is 26.8. The first-order valence-corrected chi connectivity index (χ1v) is 13.0. The molecule has 0 aromatic rings. The van der Waals surface area contributed by atoms with Crippen molar-refractivity contribution in [1.82, 2.24) is 0 Å². The highest BCUT2D eigenvalue weighted by Gasteiger charge is 2.73. The van der Waals surface area contributed by atoms with Crippen molar-refractivity contribution in [2.75, 3.05) is 6.61 Å². The van der Waals surface area contributed by atoms with Crippen LogP contribution in [0.1, 0.15) is 67.2 Å². The summed E-state index contributed by atoms with van der Waals surface area (Å²) in [5.74, 6) is -1.62. The summed E-state index contributed by atoms with van der Waals surface area (Å²) in [6.45, 7) is 15.2. The molecule has 1 saturated heterocycles. The van der Waals surface area contributed by atoms with Crippen LogP contribution >= 0.6 is 0 Å². The van der Waals surface area contributed by atoms with Gasteiger partial charge >= 0.3 is 11.9 Å². The summed E-state index contributed by atoms with van der Waals surface area (Å²) in [7, 11) is 0. The third-order valence-corrected chi connectivity index (χ3v) is 8.45. The lowest BCUT2D eigenvalue weighted by Crippen LogP contribution is -2.68. The monoisotopic (exact) mass is 506 g/mol. The van der Waals surface area contributed by atoms with Crippen molar-refractivity contribution in [2.45, 2.75) is 98.1 Å². The van der Waals surface area contributed by atoms with E-state index in [4.69, 9.17) is 18.9 Å². The summed E-state index contributed by atoms with van der Waals surface area (Å²) in [5, 5.41) is 23.0. The predicted octanol–water partition coefficient (Wildman–Crippen LogP) is 3.81. The van der Waals surface area contributed by atoms with E-state index in [2.05, 4.69) is 19.6 Å². The molecule has 9 atom stereocenters. The fourth-order valence-corrected chi connectivity index (χ4v) is 6.44. The van der Waals surface area contributed by atoms with Gasteiger partial charge in [-0.3, -0.25) is 9.59 Å². The second-order valence-corrected chi connectivity index (χ2v) is 10.6. The van der Waals surface area contributed by atoms with Crippen LogP contribution < -0.4 is 0 Å². The van der Waals surface area contributed by atoms with Crippen LogP contribution in [0, 0.1) is 22.7 Å². The third kappa shape index (κ3) is 4.80. The molecular weight excluding hydrogens is 464 g/mol. The predicted molar refractivity (Wildman–Crippen MR) is 133 cm³/mol. The SMILES string of the molecule is C=C/C(C)=C\C[C@]1(C)[C@H](C)[C@@H](OC(=O)CCC)[C@H](O)[C@@]23C(=C[C@H](O)C[C@@H]12)[C@H](OCC)O[C@H]3OC(C)=O. The Hall–Kier alpha value is -2.00. The lowest BCUT2D eigenvalue weighted by molar-refractivity contribution is -0.277. The molecule has 3 rings (SSSR count). The quantitative estimate of drug-likeness (QED) is 0.276. The van der Waals surface area contributed by atoms with E-state index in [-0.39, 0.29) is 18.3 Å². The lowest BCUT2D eigenvalue weighted by Gasteiger charge is -2.62. The maximum atomic E-state index is 12.7. The van der Waals surface area contributed by atoms with Crippen molar-refractivity contribution >= 4 is 11.9 Å². The molecule has 0 bridgehead atoms. The van der Waals surface area contributed by atoms with Crippen LogP contribution in [0.25, 0.3) is 0 Å². The average molecular weight is 507 g/mol. The van der Waals surface area contributed by atoms with Crippen molar-refractivity contribution in [3.05, 3.63) is 36.0 Å². The van der Waals surface area contributed by atoms with Crippen molar-refractivity contribution in [2.24, 2.45) is 22.7 Å². The van der Waals surface area contributed by atoms with Crippen molar-refractivity contribution in [3.8, 4) is 0 Å². The molecule has 2 fully saturated rings. The van der Waals surface area contributed by atoms with Gasteiger partial charge in [-0.15, -0.1) is 0 Å². The minimum Gasteiger partial charge on any atom is -0.459 e. The molecule has 8 nitrogen and oxygen atoms in total. The second-order valence-electron chi connectivity index (χ2n) is 10.6. The number of allylic oxidation sites excluding steroid dienone is 3. The zero-order valence-corrected chi connectivity index (χ0v) is 22.4. The van der Waals surface area contributed by atoms with E-state index < -0.39 is 53.7 Å². The summed E-state index contributed by atoms with van der Waals surface area (Å²) >= 11 is 0. The lowest BCUT2D eigenvalue weighted by atomic mass is 9.44. The Morgan fingerprint density at radius 2 is 1.94 bits per heavy atom. The van der Waals surface area contributed by atoms with Gasteiger partial charge in [-0.1, -0.05) is 51.2 Å². The van der Waals surface area contributed by atoms with Crippen LogP contribution in [0.3, 0.4) is 0 Å². The molecule has 0 amide bonds. The van der Waals surface area contributed by atoms with Gasteiger partial charge in [0, 0.05) is 25.9 Å². The number of carbonyl (C=O) groups excluding carboxylic acids is 2. The summed E-state index contributed by atoms with van der Waals surface area (Å²) < 4.78 is 23.7. The minimum absolute atomic E-state index is 0.228. The molecule has 0 radical (unpaired) electrons. The summed E-state index contributed by atoms with van der Waals surface area (Å²) in [6, 6.07) is 0. The van der Waals surface area contributed by atoms with E-state index in [1.54, 1.807) is 12.2 Å². The van der Waals surface area contributed by atoms with Gasteiger partial charge in [0.15, 0.2) is 6.29 Å². The van der Waals surface area contributed by atoms with E-state index in [9.17, 15) is 19.8 Å². The summed E-state index contributed by atoms with van der Waals surface area (Å²) in [4.78, 5) is 24.9. The normalized spacial score (nSPS) is 40.1. The van der Waals surface area contributed by atoms with Gasteiger partial charge in [-0.25, -0.2) is 0 Å². The number of aliphatic hydroxyl groups excluding tert-OH is 2. The first-order chi connectivity index (χ1) is 17.0. The van der Waals surface area contributed by atoms with Gasteiger partial charge in [0.2, 0.25) is 6.29 Å². The van der Waals surface area contributed by atoms with Gasteiger partial charge in [-0.05, 0) is 50.0 Å². The fourth-order valence-electron chi connectivity index (χ4n) is 6.44. The number of aliphatic hydroxyl groups is 2. The molecule has 1 aliphatic heterocycles. The molecule has 3 aliphatic rings. The van der Waals surface area contributed by atoms with Crippen LogP contribution in [0.5, 0.6) is 0 Å². The molecule has 1 spiro atoms. The highest BCUT2D eigenvalue weighted by molar-refractivity contribution is 5.69. The van der Waals surface area contributed by atoms with Gasteiger partial charge in [0.25, 0.3) is 0 Å². The molecule has 2 N–H and O–H groups in total. The van der Waals surface area contributed by atoms with E-state index in [0.717, 1.165) is 5.57 Å². The number of esters is 2. The minimum atomic E-state index is -1.26. The molecule has 8 heteroatoms. The number of hydrogen-bond acceptors (Lipinski definition) is 8. The van der Waals surface area contributed by atoms with Crippen LogP contribution in [0.15, 0.2) is 36.0 Å². The largest absolute Gasteiger partial charge is 0.459 e. The van der Waals surface area contributed by atoms with Crippen molar-refractivity contribution in [1.29, 1.82) is 0 Å². The van der Waals surface area contributed by atoms with E-state index in [1.165, 1.54) is 6.92 Å². The van der Waals surface area contributed by atoms with Gasteiger partial charge < -0.3 is 29.2 Å².